The lowest BCUT2D eigenvalue weighted by atomic mass is 10.1. The van der Waals surface area contributed by atoms with Crippen molar-refractivity contribution in [2.24, 2.45) is 5.92 Å². The lowest BCUT2D eigenvalue weighted by Crippen LogP contribution is -2.35. The third-order valence-corrected chi connectivity index (χ3v) is 4.57. The topological polar surface area (TPSA) is 28.2 Å². The second-order valence-corrected chi connectivity index (χ2v) is 6.83. The summed E-state index contributed by atoms with van der Waals surface area (Å²) in [6.45, 7) is 13.2. The summed E-state index contributed by atoms with van der Waals surface area (Å²) in [4.78, 5) is 7.41. The van der Waals surface area contributed by atoms with Crippen molar-refractivity contribution in [2.45, 2.75) is 72.5 Å². The van der Waals surface area contributed by atoms with Crippen molar-refractivity contribution in [3.63, 3.8) is 0 Å². The van der Waals surface area contributed by atoms with Crippen LogP contribution >= 0.6 is 0 Å². The van der Waals surface area contributed by atoms with Crippen LogP contribution in [0, 0.1) is 12.8 Å². The first-order chi connectivity index (χ1) is 10.0. The van der Waals surface area contributed by atoms with Crippen molar-refractivity contribution in [1.82, 2.24) is 10.3 Å². The van der Waals surface area contributed by atoms with Gasteiger partial charge in [-0.05, 0) is 57.2 Å². The maximum Gasteiger partial charge on any atom is 0.129 e. The van der Waals surface area contributed by atoms with Gasteiger partial charge in [0.2, 0.25) is 0 Å². The summed E-state index contributed by atoms with van der Waals surface area (Å²) in [5.41, 5.74) is 2.48. The van der Waals surface area contributed by atoms with Gasteiger partial charge in [-0.25, -0.2) is 4.98 Å². The number of nitrogens with one attached hydrogen (secondary N) is 1. The summed E-state index contributed by atoms with van der Waals surface area (Å²) in [5.74, 6) is 1.85. The van der Waals surface area contributed by atoms with E-state index < -0.39 is 0 Å². The molecule has 0 aromatic carbocycles. The maximum absolute atomic E-state index is 4.89. The van der Waals surface area contributed by atoms with Gasteiger partial charge in [0.15, 0.2) is 0 Å². The molecule has 2 atom stereocenters. The van der Waals surface area contributed by atoms with Crippen LogP contribution in [0.15, 0.2) is 12.1 Å². The molecular formula is C18H31N3. The molecule has 1 saturated heterocycles. The molecule has 1 aliphatic rings. The maximum atomic E-state index is 4.89. The highest BCUT2D eigenvalue weighted by Crippen LogP contribution is 2.31. The molecule has 3 heteroatoms. The van der Waals surface area contributed by atoms with Crippen LogP contribution in [0.4, 0.5) is 5.82 Å². The number of aromatic nitrogens is 1. The largest absolute Gasteiger partial charge is 0.351 e. The summed E-state index contributed by atoms with van der Waals surface area (Å²) >= 11 is 0. The quantitative estimate of drug-likeness (QED) is 0.861. The van der Waals surface area contributed by atoms with E-state index in [1.807, 2.05) is 0 Å². The second-order valence-electron chi connectivity index (χ2n) is 6.83. The number of aryl methyl sites for hydroxylation is 1. The van der Waals surface area contributed by atoms with E-state index in [0.29, 0.717) is 18.0 Å². The number of pyridine rings is 1. The summed E-state index contributed by atoms with van der Waals surface area (Å²) in [6.07, 6.45) is 3.80. The van der Waals surface area contributed by atoms with Gasteiger partial charge in [0.05, 0.1) is 0 Å². The van der Waals surface area contributed by atoms with Crippen molar-refractivity contribution in [1.29, 1.82) is 0 Å². The summed E-state index contributed by atoms with van der Waals surface area (Å²) in [6, 6.07) is 5.75. The van der Waals surface area contributed by atoms with Crippen LogP contribution in [-0.2, 0) is 6.54 Å². The van der Waals surface area contributed by atoms with Crippen LogP contribution in [0.2, 0.25) is 0 Å². The highest BCUT2D eigenvalue weighted by Gasteiger charge is 2.30. The van der Waals surface area contributed by atoms with Gasteiger partial charge < -0.3 is 10.2 Å². The van der Waals surface area contributed by atoms with Gasteiger partial charge in [0.25, 0.3) is 0 Å². The van der Waals surface area contributed by atoms with Crippen LogP contribution in [0.1, 0.15) is 58.2 Å². The first-order valence-electron chi connectivity index (χ1n) is 8.48. The Bertz CT molecular complexity index is 456. The summed E-state index contributed by atoms with van der Waals surface area (Å²) in [5, 5.41) is 3.51. The fourth-order valence-electron chi connectivity index (χ4n) is 3.29. The number of rotatable bonds is 6. The molecule has 1 fully saturated rings. The molecule has 0 amide bonds. The minimum Gasteiger partial charge on any atom is -0.351 e. The van der Waals surface area contributed by atoms with Crippen LogP contribution < -0.4 is 10.2 Å². The van der Waals surface area contributed by atoms with Crippen molar-refractivity contribution in [3.8, 4) is 0 Å². The molecule has 2 unspecified atom stereocenters. The predicted molar refractivity (Wildman–Crippen MR) is 90.8 cm³/mol. The van der Waals surface area contributed by atoms with Crippen LogP contribution in [0.25, 0.3) is 0 Å². The van der Waals surface area contributed by atoms with Gasteiger partial charge in [0, 0.05) is 24.3 Å². The average molecular weight is 289 g/mol. The number of nitrogens with zero attached hydrogens (tertiary/aromatic N) is 2. The van der Waals surface area contributed by atoms with E-state index in [1.54, 1.807) is 0 Å². The van der Waals surface area contributed by atoms with E-state index in [1.165, 1.54) is 24.8 Å². The molecule has 118 valence electrons. The molecule has 0 bridgehead atoms. The lowest BCUT2D eigenvalue weighted by Gasteiger charge is -2.29. The number of hydrogen-bond donors (Lipinski definition) is 1. The van der Waals surface area contributed by atoms with Crippen molar-refractivity contribution >= 4 is 5.82 Å². The van der Waals surface area contributed by atoms with Crippen molar-refractivity contribution in [3.05, 3.63) is 23.4 Å². The van der Waals surface area contributed by atoms with Crippen LogP contribution in [-0.4, -0.2) is 23.6 Å². The Kier molecular flexibility index (Phi) is 5.63. The molecule has 1 N–H and O–H groups in total. The van der Waals surface area contributed by atoms with Crippen molar-refractivity contribution in [2.75, 3.05) is 11.4 Å². The van der Waals surface area contributed by atoms with Crippen LogP contribution in [0.5, 0.6) is 0 Å². The molecule has 3 nitrogen and oxygen atoms in total. The zero-order valence-electron chi connectivity index (χ0n) is 14.3. The van der Waals surface area contributed by atoms with Gasteiger partial charge in [-0.15, -0.1) is 0 Å². The molecule has 1 aromatic rings. The second kappa shape index (κ2) is 7.26. The third kappa shape index (κ3) is 3.97. The highest BCUT2D eigenvalue weighted by atomic mass is 15.3. The summed E-state index contributed by atoms with van der Waals surface area (Å²) in [7, 11) is 0. The van der Waals surface area contributed by atoms with E-state index >= 15 is 0 Å². The zero-order valence-corrected chi connectivity index (χ0v) is 14.3. The Labute approximate surface area is 130 Å². The normalized spacial score (nSPS) is 22.3. The first-order valence-corrected chi connectivity index (χ1v) is 8.48. The molecule has 0 radical (unpaired) electrons. The number of hydrogen-bond acceptors (Lipinski definition) is 3. The zero-order chi connectivity index (χ0) is 15.4. The molecule has 0 aliphatic carbocycles. The molecular weight excluding hydrogens is 258 g/mol. The highest BCUT2D eigenvalue weighted by molar-refractivity contribution is 5.45. The monoisotopic (exact) mass is 289 g/mol. The molecule has 2 heterocycles. The van der Waals surface area contributed by atoms with Crippen LogP contribution in [0.3, 0.4) is 0 Å². The van der Waals surface area contributed by atoms with E-state index in [9.17, 15) is 0 Å². The summed E-state index contributed by atoms with van der Waals surface area (Å²) < 4.78 is 0. The Morgan fingerprint density at radius 1 is 1.33 bits per heavy atom. The predicted octanol–water partition coefficient (Wildman–Crippen LogP) is 3.90. The lowest BCUT2D eigenvalue weighted by molar-refractivity contribution is 0.550. The fraction of sp³-hybridized carbons (Fsp3) is 0.722. The fourth-order valence-corrected chi connectivity index (χ4v) is 3.29. The van der Waals surface area contributed by atoms with E-state index in [4.69, 9.17) is 4.98 Å². The van der Waals surface area contributed by atoms with E-state index in [0.717, 1.165) is 24.6 Å². The smallest absolute Gasteiger partial charge is 0.129 e. The van der Waals surface area contributed by atoms with Gasteiger partial charge >= 0.3 is 0 Å². The van der Waals surface area contributed by atoms with E-state index in [2.05, 4.69) is 57.0 Å². The van der Waals surface area contributed by atoms with Gasteiger partial charge in [-0.3, -0.25) is 0 Å². The number of anilines is 1. The Balaban J connectivity index is 2.07. The van der Waals surface area contributed by atoms with E-state index in [-0.39, 0.29) is 0 Å². The Morgan fingerprint density at radius 3 is 2.71 bits per heavy atom. The third-order valence-electron chi connectivity index (χ3n) is 4.57. The standard InChI is InChI=1S/C18H31N3/c1-6-17-9-7-14(4)21(17)18-10-8-16(15(5)20-18)12-19-11-13(2)3/h8,10,13-14,17,19H,6-7,9,11-12H2,1-5H3. The van der Waals surface area contributed by atoms with Crippen molar-refractivity contribution < 1.29 is 0 Å². The van der Waals surface area contributed by atoms with Gasteiger partial charge in [-0.1, -0.05) is 26.8 Å². The van der Waals surface area contributed by atoms with Gasteiger partial charge in [0.1, 0.15) is 5.82 Å². The molecule has 21 heavy (non-hydrogen) atoms. The van der Waals surface area contributed by atoms with Gasteiger partial charge in [-0.2, -0.15) is 0 Å². The molecule has 2 rings (SSSR count). The average Bonchev–Trinajstić information content (AvgIpc) is 2.81. The molecule has 0 spiro atoms. The minimum absolute atomic E-state index is 0.617. The minimum atomic E-state index is 0.617. The Morgan fingerprint density at radius 2 is 2.10 bits per heavy atom. The first kappa shape index (κ1) is 16.3. The SMILES string of the molecule is CCC1CCC(C)N1c1ccc(CNCC(C)C)c(C)n1. The molecule has 0 saturated carbocycles. The molecule has 1 aliphatic heterocycles. The Hall–Kier alpha value is -1.09. The molecule has 1 aromatic heterocycles.